The number of halogens is 4. The Morgan fingerprint density at radius 2 is 2.07 bits per heavy atom. The third-order valence-corrected chi connectivity index (χ3v) is 4.34. The molecule has 0 aliphatic carbocycles. The molecule has 27 heavy (non-hydrogen) atoms. The number of carbonyl (C=O) groups excluding carboxylic acids is 1. The summed E-state index contributed by atoms with van der Waals surface area (Å²) in [4.78, 5) is 17.5. The maximum Gasteiger partial charge on any atom is 0.417 e. The largest absolute Gasteiger partial charge is 0.477 e. The molecule has 0 N–H and O–H groups in total. The quantitative estimate of drug-likeness (QED) is 0.689. The Kier molecular flexibility index (Phi) is 6.83. The highest BCUT2D eigenvalue weighted by molar-refractivity contribution is 6.31. The molecular weight excluding hydrogens is 385 g/mol. The summed E-state index contributed by atoms with van der Waals surface area (Å²) in [6.45, 7) is 6.93. The van der Waals surface area contributed by atoms with Crippen LogP contribution in [0.15, 0.2) is 12.3 Å². The van der Waals surface area contributed by atoms with Gasteiger partial charge in [-0.25, -0.2) is 9.78 Å². The monoisotopic (exact) mass is 408 g/mol. The molecule has 0 bridgehead atoms. The minimum Gasteiger partial charge on any atom is -0.477 e. The summed E-state index contributed by atoms with van der Waals surface area (Å²) in [7, 11) is 0. The Bertz CT molecular complexity index is 662. The topological polar surface area (TPSA) is 51.7 Å². The third-order valence-electron chi connectivity index (χ3n) is 4.07. The lowest BCUT2D eigenvalue weighted by Crippen LogP contribution is -2.43. The van der Waals surface area contributed by atoms with Crippen molar-refractivity contribution in [3.05, 3.63) is 22.8 Å². The molecule has 1 aromatic rings. The number of nitrogens with zero attached hydrogens (tertiary/aromatic N) is 2. The summed E-state index contributed by atoms with van der Waals surface area (Å²) in [6.07, 6.45) is -1.69. The van der Waals surface area contributed by atoms with Gasteiger partial charge in [-0.3, -0.25) is 0 Å². The van der Waals surface area contributed by atoms with Crippen molar-refractivity contribution in [1.82, 2.24) is 9.88 Å². The van der Waals surface area contributed by atoms with Gasteiger partial charge in [0.1, 0.15) is 10.6 Å². The molecule has 0 spiro atoms. The fraction of sp³-hybridized carbons (Fsp3) is 0.667. The second kappa shape index (κ2) is 8.54. The Balaban J connectivity index is 1.84. The summed E-state index contributed by atoms with van der Waals surface area (Å²) in [5, 5.41) is -0.177. The number of alkyl halides is 3. The number of carbonyl (C=O) groups is 1. The van der Waals surface area contributed by atoms with Crippen molar-refractivity contribution in [1.29, 1.82) is 0 Å². The van der Waals surface area contributed by atoms with Crippen LogP contribution in [0.3, 0.4) is 0 Å². The molecule has 5 nitrogen and oxygen atoms in total. The number of likely N-dealkylation sites (tertiary alicyclic amines) is 1. The number of piperidine rings is 1. The van der Waals surface area contributed by atoms with Crippen molar-refractivity contribution in [2.24, 2.45) is 5.92 Å². The van der Waals surface area contributed by atoms with Crippen LogP contribution >= 0.6 is 11.6 Å². The summed E-state index contributed by atoms with van der Waals surface area (Å²) in [6, 6.07) is 0.800. The van der Waals surface area contributed by atoms with E-state index in [1.165, 1.54) is 0 Å². The fourth-order valence-electron chi connectivity index (χ4n) is 2.80. The van der Waals surface area contributed by atoms with Gasteiger partial charge in [0, 0.05) is 19.3 Å². The van der Waals surface area contributed by atoms with Gasteiger partial charge in [0.15, 0.2) is 0 Å². The minimum atomic E-state index is -4.50. The maximum absolute atomic E-state index is 12.6. The van der Waals surface area contributed by atoms with Crippen LogP contribution in [0.2, 0.25) is 5.02 Å². The van der Waals surface area contributed by atoms with Gasteiger partial charge in [-0.05, 0) is 52.0 Å². The van der Waals surface area contributed by atoms with Gasteiger partial charge in [0.25, 0.3) is 0 Å². The van der Waals surface area contributed by atoms with E-state index in [1.807, 2.05) is 20.8 Å². The number of hydrogen-bond acceptors (Lipinski definition) is 4. The highest BCUT2D eigenvalue weighted by Crippen LogP contribution is 2.33. The van der Waals surface area contributed by atoms with E-state index < -0.39 is 17.3 Å². The summed E-state index contributed by atoms with van der Waals surface area (Å²) in [5.41, 5.74) is -1.46. The maximum atomic E-state index is 12.6. The lowest BCUT2D eigenvalue weighted by molar-refractivity contribution is -0.137. The van der Waals surface area contributed by atoms with E-state index in [2.05, 4.69) is 4.98 Å². The van der Waals surface area contributed by atoms with Gasteiger partial charge in [0.2, 0.25) is 5.88 Å². The van der Waals surface area contributed by atoms with Crippen LogP contribution in [0.4, 0.5) is 18.0 Å². The second-order valence-corrected chi connectivity index (χ2v) is 7.99. The first kappa shape index (κ1) is 21.6. The summed E-state index contributed by atoms with van der Waals surface area (Å²) in [5.74, 6) is 0.198. The van der Waals surface area contributed by atoms with Gasteiger partial charge < -0.3 is 14.4 Å². The molecular formula is C18H24ClF3N2O3. The molecule has 152 valence electrons. The number of ether oxygens (including phenoxy) is 2. The standard InChI is InChI=1S/C18H24ClF3N2O3/c1-17(2,3)27-16(25)24-7-4-5-12(11-24)6-8-26-15-14(19)9-13(10-23-15)18(20,21)22/h9-10,12H,4-8,11H2,1-3H3/t12-/m0/s1. The van der Waals surface area contributed by atoms with Crippen LogP contribution in [-0.4, -0.2) is 41.3 Å². The predicted molar refractivity (Wildman–Crippen MR) is 94.9 cm³/mol. The average molecular weight is 409 g/mol. The zero-order valence-electron chi connectivity index (χ0n) is 15.6. The molecule has 9 heteroatoms. The molecule has 1 saturated heterocycles. The molecule has 1 aliphatic heterocycles. The molecule has 1 amide bonds. The molecule has 2 heterocycles. The zero-order valence-corrected chi connectivity index (χ0v) is 16.4. The van der Waals surface area contributed by atoms with Crippen molar-refractivity contribution in [2.75, 3.05) is 19.7 Å². The number of pyridine rings is 1. The van der Waals surface area contributed by atoms with Crippen molar-refractivity contribution < 1.29 is 27.4 Å². The van der Waals surface area contributed by atoms with Crippen LogP contribution in [0.5, 0.6) is 5.88 Å². The predicted octanol–water partition coefficient (Wildman–Crippen LogP) is 5.17. The SMILES string of the molecule is CC(C)(C)OC(=O)N1CCC[C@@H](CCOc2ncc(C(F)(F)F)cc2Cl)C1. The van der Waals surface area contributed by atoms with Crippen molar-refractivity contribution in [2.45, 2.75) is 51.8 Å². The Hall–Kier alpha value is -1.70. The van der Waals surface area contributed by atoms with Crippen LogP contribution in [0, 0.1) is 5.92 Å². The normalized spacial score (nSPS) is 18.3. The second-order valence-electron chi connectivity index (χ2n) is 7.58. The molecule has 0 aromatic carbocycles. The lowest BCUT2D eigenvalue weighted by atomic mass is 9.95. The van der Waals surface area contributed by atoms with Crippen LogP contribution in [-0.2, 0) is 10.9 Å². The summed E-state index contributed by atoms with van der Waals surface area (Å²) >= 11 is 5.83. The van der Waals surface area contributed by atoms with Gasteiger partial charge in [-0.15, -0.1) is 0 Å². The first-order chi connectivity index (χ1) is 12.5. The van der Waals surface area contributed by atoms with Gasteiger partial charge in [0.05, 0.1) is 12.2 Å². The Morgan fingerprint density at radius 3 is 2.67 bits per heavy atom. The lowest BCUT2D eigenvalue weighted by Gasteiger charge is -2.34. The van der Waals surface area contributed by atoms with E-state index in [9.17, 15) is 18.0 Å². The average Bonchev–Trinajstić information content (AvgIpc) is 2.54. The van der Waals surface area contributed by atoms with E-state index in [0.29, 0.717) is 25.7 Å². The molecule has 0 unspecified atom stereocenters. The number of hydrogen-bond donors (Lipinski definition) is 0. The molecule has 1 aliphatic rings. The third kappa shape index (κ3) is 6.75. The van der Waals surface area contributed by atoms with Crippen molar-refractivity contribution in [3.63, 3.8) is 0 Å². The van der Waals surface area contributed by atoms with E-state index >= 15 is 0 Å². The zero-order chi connectivity index (χ0) is 20.2. The van der Waals surface area contributed by atoms with Gasteiger partial charge in [-0.2, -0.15) is 13.2 Å². The molecule has 2 rings (SSSR count). The van der Waals surface area contributed by atoms with Crippen molar-refractivity contribution >= 4 is 17.7 Å². The molecule has 1 atom stereocenters. The minimum absolute atomic E-state index is 0.0236. The van der Waals surface area contributed by atoms with Crippen LogP contribution < -0.4 is 4.74 Å². The van der Waals surface area contributed by atoms with Gasteiger partial charge in [-0.1, -0.05) is 11.6 Å². The smallest absolute Gasteiger partial charge is 0.417 e. The van der Waals surface area contributed by atoms with E-state index in [0.717, 1.165) is 18.9 Å². The first-order valence-electron chi connectivity index (χ1n) is 8.79. The molecule has 0 saturated carbocycles. The number of aromatic nitrogens is 1. The molecule has 0 radical (unpaired) electrons. The van der Waals surface area contributed by atoms with E-state index in [-0.39, 0.29) is 29.5 Å². The summed E-state index contributed by atoms with van der Waals surface area (Å²) < 4.78 is 48.7. The first-order valence-corrected chi connectivity index (χ1v) is 9.17. The number of amides is 1. The van der Waals surface area contributed by atoms with Crippen molar-refractivity contribution in [3.8, 4) is 5.88 Å². The fourth-order valence-corrected chi connectivity index (χ4v) is 3.02. The Labute approximate surface area is 161 Å². The Morgan fingerprint density at radius 1 is 1.37 bits per heavy atom. The van der Waals surface area contributed by atoms with Gasteiger partial charge >= 0.3 is 12.3 Å². The highest BCUT2D eigenvalue weighted by atomic mass is 35.5. The van der Waals surface area contributed by atoms with Crippen LogP contribution in [0.25, 0.3) is 0 Å². The molecule has 1 aromatic heterocycles. The number of rotatable bonds is 4. The molecule has 1 fully saturated rings. The van der Waals surface area contributed by atoms with Crippen LogP contribution in [0.1, 0.15) is 45.6 Å². The van der Waals surface area contributed by atoms with E-state index in [4.69, 9.17) is 21.1 Å². The van der Waals surface area contributed by atoms with E-state index in [1.54, 1.807) is 4.90 Å². The highest BCUT2D eigenvalue weighted by Gasteiger charge is 2.32.